The first kappa shape index (κ1) is 20.9. The van der Waals surface area contributed by atoms with Crippen LogP contribution < -0.4 is 0 Å². The van der Waals surface area contributed by atoms with E-state index < -0.39 is 30.0 Å². The van der Waals surface area contributed by atoms with Crippen LogP contribution in [-0.2, 0) is 20.2 Å². The lowest BCUT2D eigenvalue weighted by Gasteiger charge is -2.08. The van der Waals surface area contributed by atoms with E-state index in [0.29, 0.717) is 11.5 Å². The molecule has 0 aliphatic rings. The Balaban J connectivity index is 1.89. The van der Waals surface area contributed by atoms with Crippen LogP contribution in [0.1, 0.15) is 0 Å². The highest BCUT2D eigenvalue weighted by atomic mass is 32.2. The van der Waals surface area contributed by atoms with Crippen molar-refractivity contribution in [1.82, 2.24) is 0 Å². The van der Waals surface area contributed by atoms with Crippen molar-refractivity contribution in [3.63, 3.8) is 0 Å². The van der Waals surface area contributed by atoms with E-state index in [4.69, 9.17) is 0 Å². The Hall–Kier alpha value is -3.38. The van der Waals surface area contributed by atoms with Crippen molar-refractivity contribution in [2.75, 3.05) is 0 Å². The molecular weight excluding hydrogens is 444 g/mol. The summed E-state index contributed by atoms with van der Waals surface area (Å²) < 4.78 is 65.3. The Morgan fingerprint density at radius 2 is 1.39 bits per heavy atom. The van der Waals surface area contributed by atoms with Gasteiger partial charge in [0.1, 0.15) is 16.3 Å². The minimum absolute atomic E-state index is 0.0199. The van der Waals surface area contributed by atoms with Crippen molar-refractivity contribution >= 4 is 53.2 Å². The van der Waals surface area contributed by atoms with Crippen LogP contribution in [0, 0.1) is 0 Å². The molecule has 0 atom stereocenters. The van der Waals surface area contributed by atoms with E-state index in [1.807, 2.05) is 12.1 Å². The fourth-order valence-electron chi connectivity index (χ4n) is 3.17. The van der Waals surface area contributed by atoms with Gasteiger partial charge in [-0.2, -0.15) is 21.9 Å². The number of benzene rings is 4. The third-order valence-corrected chi connectivity index (χ3v) is 6.32. The van der Waals surface area contributed by atoms with Gasteiger partial charge in [-0.15, -0.1) is 5.11 Å². The lowest BCUT2D eigenvalue weighted by Crippen LogP contribution is -2.04. The Morgan fingerprint density at radius 3 is 2.10 bits per heavy atom. The smallest absolute Gasteiger partial charge is 0.295 e. The minimum Gasteiger partial charge on any atom is -0.506 e. The lowest BCUT2D eigenvalue weighted by molar-refractivity contribution is 0.477. The van der Waals surface area contributed by atoms with E-state index in [9.17, 15) is 31.0 Å². The van der Waals surface area contributed by atoms with Crippen molar-refractivity contribution in [3.05, 3.63) is 66.7 Å². The highest BCUT2D eigenvalue weighted by Crippen LogP contribution is 2.37. The van der Waals surface area contributed by atoms with Gasteiger partial charge in [-0.1, -0.05) is 36.4 Å². The SMILES string of the molecule is O=S(=O)(O)c1cc(S(=O)(=O)O)c2cc(N=Nc3c(O)ccc4ccccc34)ccc2c1. The first-order valence-corrected chi connectivity index (χ1v) is 11.6. The second-order valence-corrected chi connectivity index (χ2v) is 9.44. The van der Waals surface area contributed by atoms with Gasteiger partial charge < -0.3 is 5.11 Å². The molecule has 4 aromatic rings. The van der Waals surface area contributed by atoms with Crippen molar-refractivity contribution in [3.8, 4) is 5.75 Å². The topological polar surface area (TPSA) is 154 Å². The molecule has 11 heteroatoms. The molecule has 0 aliphatic carbocycles. The number of azo groups is 1. The fourth-order valence-corrected chi connectivity index (χ4v) is 4.51. The van der Waals surface area contributed by atoms with Gasteiger partial charge in [0.15, 0.2) is 0 Å². The van der Waals surface area contributed by atoms with Crippen LogP contribution in [0.3, 0.4) is 0 Å². The van der Waals surface area contributed by atoms with Crippen molar-refractivity contribution in [1.29, 1.82) is 0 Å². The number of hydrogen-bond donors (Lipinski definition) is 3. The minimum atomic E-state index is -4.82. The molecule has 0 aromatic heterocycles. The molecule has 0 unspecified atom stereocenters. The summed E-state index contributed by atoms with van der Waals surface area (Å²) in [5, 5.41) is 19.9. The summed E-state index contributed by atoms with van der Waals surface area (Å²) in [6.07, 6.45) is 0. The summed E-state index contributed by atoms with van der Waals surface area (Å²) in [5.41, 5.74) is 0.402. The molecule has 9 nitrogen and oxygen atoms in total. The molecule has 4 aromatic carbocycles. The molecule has 3 N–H and O–H groups in total. The summed E-state index contributed by atoms with van der Waals surface area (Å²) >= 11 is 0. The molecule has 0 aliphatic heterocycles. The predicted octanol–water partition coefficient (Wildman–Crippen LogP) is 4.61. The molecule has 0 saturated heterocycles. The Labute approximate surface area is 176 Å². The number of aromatic hydroxyl groups is 1. The Kier molecular flexibility index (Phi) is 4.98. The van der Waals surface area contributed by atoms with Gasteiger partial charge in [-0.25, -0.2) is 0 Å². The van der Waals surface area contributed by atoms with Gasteiger partial charge >= 0.3 is 0 Å². The Morgan fingerprint density at radius 1 is 0.677 bits per heavy atom. The maximum Gasteiger partial charge on any atom is 0.295 e. The first-order chi connectivity index (χ1) is 14.5. The van der Waals surface area contributed by atoms with E-state index >= 15 is 0 Å². The molecule has 0 amide bonds. The van der Waals surface area contributed by atoms with Crippen LogP contribution in [0.5, 0.6) is 5.75 Å². The average molecular weight is 458 g/mol. The van der Waals surface area contributed by atoms with Gasteiger partial charge in [0.25, 0.3) is 20.2 Å². The summed E-state index contributed by atoms with van der Waals surface area (Å²) in [5.74, 6) is -0.0975. The van der Waals surface area contributed by atoms with Crippen LogP contribution >= 0.6 is 0 Å². The third-order valence-electron chi connectivity index (χ3n) is 4.59. The summed E-state index contributed by atoms with van der Waals surface area (Å²) in [6.45, 7) is 0. The van der Waals surface area contributed by atoms with E-state index in [-0.39, 0.29) is 27.9 Å². The normalized spacial score (nSPS) is 12.7. The number of hydrogen-bond acceptors (Lipinski definition) is 7. The van der Waals surface area contributed by atoms with Crippen LogP contribution in [0.15, 0.2) is 86.7 Å². The van der Waals surface area contributed by atoms with Crippen molar-refractivity contribution < 1.29 is 31.0 Å². The van der Waals surface area contributed by atoms with Crippen LogP contribution in [0.25, 0.3) is 21.5 Å². The lowest BCUT2D eigenvalue weighted by atomic mass is 10.1. The van der Waals surface area contributed by atoms with E-state index in [0.717, 1.165) is 11.5 Å². The zero-order valence-electron chi connectivity index (χ0n) is 15.5. The second kappa shape index (κ2) is 7.39. The number of phenolic OH excluding ortho intramolecular Hbond substituents is 1. The van der Waals surface area contributed by atoms with Gasteiger partial charge in [-0.05, 0) is 41.1 Å². The molecule has 0 spiro atoms. The van der Waals surface area contributed by atoms with E-state index in [1.165, 1.54) is 24.3 Å². The predicted molar refractivity (Wildman–Crippen MR) is 113 cm³/mol. The van der Waals surface area contributed by atoms with Crippen LogP contribution in [-0.4, -0.2) is 31.0 Å². The standard InChI is InChI=1S/C20H14N2O7S2/c23-18-8-6-12-3-1-2-4-16(12)20(18)22-21-14-7-5-13-9-15(30(24,25)26)11-19(17(13)10-14)31(27,28)29/h1-11,23H,(H,24,25,26)(H,27,28,29). The zero-order valence-corrected chi connectivity index (χ0v) is 17.2. The maximum absolute atomic E-state index is 11.8. The summed E-state index contributed by atoms with van der Waals surface area (Å²) in [7, 11) is -9.52. The molecule has 0 saturated carbocycles. The van der Waals surface area contributed by atoms with E-state index in [2.05, 4.69) is 10.2 Å². The maximum atomic E-state index is 11.8. The highest BCUT2D eigenvalue weighted by Gasteiger charge is 2.20. The van der Waals surface area contributed by atoms with E-state index in [1.54, 1.807) is 18.2 Å². The van der Waals surface area contributed by atoms with Gasteiger partial charge in [0, 0.05) is 10.8 Å². The first-order valence-electron chi connectivity index (χ1n) is 8.69. The molecule has 158 valence electrons. The Bertz CT molecular complexity index is 1600. The second-order valence-electron chi connectivity index (χ2n) is 6.63. The zero-order chi connectivity index (χ0) is 22.4. The largest absolute Gasteiger partial charge is 0.506 e. The number of phenols is 1. The molecule has 0 radical (unpaired) electrons. The van der Waals surface area contributed by atoms with Gasteiger partial charge in [0.05, 0.1) is 10.6 Å². The molecule has 0 fully saturated rings. The molecule has 31 heavy (non-hydrogen) atoms. The summed E-state index contributed by atoms with van der Waals surface area (Å²) in [4.78, 5) is -1.38. The number of nitrogens with zero attached hydrogens (tertiary/aromatic N) is 2. The van der Waals surface area contributed by atoms with Gasteiger partial charge in [0.2, 0.25) is 0 Å². The molecule has 4 rings (SSSR count). The van der Waals surface area contributed by atoms with Crippen molar-refractivity contribution in [2.45, 2.75) is 9.79 Å². The van der Waals surface area contributed by atoms with Crippen LogP contribution in [0.2, 0.25) is 0 Å². The number of rotatable bonds is 4. The monoisotopic (exact) mass is 458 g/mol. The fraction of sp³-hybridized carbons (Fsp3) is 0. The molecular formula is C20H14N2O7S2. The van der Waals surface area contributed by atoms with Crippen LogP contribution in [0.4, 0.5) is 11.4 Å². The summed E-state index contributed by atoms with van der Waals surface area (Å²) in [6, 6.07) is 16.2. The average Bonchev–Trinajstić information content (AvgIpc) is 2.70. The highest BCUT2D eigenvalue weighted by molar-refractivity contribution is 7.86. The van der Waals surface area contributed by atoms with Crippen molar-refractivity contribution in [2.24, 2.45) is 10.2 Å². The van der Waals surface area contributed by atoms with Gasteiger partial charge in [-0.3, -0.25) is 9.11 Å². The third kappa shape index (κ3) is 4.11. The molecule has 0 bridgehead atoms. The molecule has 0 heterocycles. The quantitative estimate of drug-likeness (QED) is 0.298. The number of fused-ring (bicyclic) bond motifs is 2.